The molecule has 0 atom stereocenters. The first kappa shape index (κ1) is 14.1. The fourth-order valence-electron chi connectivity index (χ4n) is 1.28. The molecule has 0 radical (unpaired) electrons. The quantitative estimate of drug-likeness (QED) is 0.858. The summed E-state index contributed by atoms with van der Waals surface area (Å²) in [5.74, 6) is -3.79. The van der Waals surface area contributed by atoms with Gasteiger partial charge >= 0.3 is 5.97 Å². The van der Waals surface area contributed by atoms with Crippen LogP contribution < -0.4 is 5.32 Å². The maximum Gasteiger partial charge on any atom is 0.328 e. The SMILES string of the molecule is CC(C)(NC(=O)Cc1ccc(F)c(F)c1)C(=O)O. The number of nitrogens with one attached hydrogen (secondary N) is 1. The molecule has 1 aromatic carbocycles. The highest BCUT2D eigenvalue weighted by molar-refractivity contribution is 5.87. The van der Waals surface area contributed by atoms with Crippen molar-refractivity contribution in [2.24, 2.45) is 0 Å². The predicted octanol–water partition coefficient (Wildman–Crippen LogP) is 1.49. The maximum atomic E-state index is 12.9. The van der Waals surface area contributed by atoms with Crippen molar-refractivity contribution in [3.63, 3.8) is 0 Å². The predicted molar refractivity (Wildman–Crippen MR) is 59.9 cm³/mol. The van der Waals surface area contributed by atoms with E-state index in [2.05, 4.69) is 5.32 Å². The van der Waals surface area contributed by atoms with Crippen LogP contribution in [0.15, 0.2) is 18.2 Å². The van der Waals surface area contributed by atoms with Crippen LogP contribution in [0.3, 0.4) is 0 Å². The van der Waals surface area contributed by atoms with Crippen LogP contribution >= 0.6 is 0 Å². The van der Waals surface area contributed by atoms with Crippen molar-refractivity contribution >= 4 is 11.9 Å². The number of benzene rings is 1. The molecule has 0 unspecified atom stereocenters. The topological polar surface area (TPSA) is 66.4 Å². The number of carboxylic acid groups (broad SMARTS) is 1. The van der Waals surface area contributed by atoms with Crippen LogP contribution in [0.1, 0.15) is 19.4 Å². The molecule has 0 saturated carbocycles. The summed E-state index contributed by atoms with van der Waals surface area (Å²) in [5.41, 5.74) is -1.14. The van der Waals surface area contributed by atoms with Crippen LogP contribution in [-0.2, 0) is 16.0 Å². The minimum atomic E-state index is -1.41. The summed E-state index contributed by atoms with van der Waals surface area (Å²) in [7, 11) is 0. The fraction of sp³-hybridized carbons (Fsp3) is 0.333. The summed E-state index contributed by atoms with van der Waals surface area (Å²) in [6, 6.07) is 3.09. The van der Waals surface area contributed by atoms with E-state index in [4.69, 9.17) is 5.11 Å². The highest BCUT2D eigenvalue weighted by Gasteiger charge is 2.28. The Balaban J connectivity index is 2.71. The van der Waals surface area contributed by atoms with Gasteiger partial charge in [-0.1, -0.05) is 6.07 Å². The number of hydrogen-bond donors (Lipinski definition) is 2. The number of amides is 1. The Hall–Kier alpha value is -1.98. The second-order valence-electron chi connectivity index (χ2n) is 4.40. The van der Waals surface area contributed by atoms with Gasteiger partial charge in [0.2, 0.25) is 5.91 Å². The summed E-state index contributed by atoms with van der Waals surface area (Å²) in [6.07, 6.45) is -0.214. The molecule has 1 aromatic rings. The zero-order chi connectivity index (χ0) is 13.9. The maximum absolute atomic E-state index is 12.9. The van der Waals surface area contributed by atoms with Gasteiger partial charge in [0.25, 0.3) is 0 Å². The smallest absolute Gasteiger partial charge is 0.328 e. The molecule has 0 saturated heterocycles. The third-order valence-electron chi connectivity index (χ3n) is 2.34. The van der Waals surface area contributed by atoms with Gasteiger partial charge in [-0.15, -0.1) is 0 Å². The first-order valence-electron chi connectivity index (χ1n) is 5.20. The number of halogens is 2. The number of rotatable bonds is 4. The molecule has 98 valence electrons. The average molecular weight is 257 g/mol. The molecule has 6 heteroatoms. The van der Waals surface area contributed by atoms with E-state index in [9.17, 15) is 18.4 Å². The zero-order valence-electron chi connectivity index (χ0n) is 9.96. The van der Waals surface area contributed by atoms with E-state index >= 15 is 0 Å². The van der Waals surface area contributed by atoms with Gasteiger partial charge in [0, 0.05) is 0 Å². The standard InChI is InChI=1S/C12H13F2NO3/c1-12(2,11(17)18)15-10(16)6-7-3-4-8(13)9(14)5-7/h3-5H,6H2,1-2H3,(H,15,16)(H,17,18). The minimum absolute atomic E-state index is 0.214. The molecule has 0 aliphatic heterocycles. The van der Waals surface area contributed by atoms with Gasteiger partial charge in [0.15, 0.2) is 11.6 Å². The Bertz CT molecular complexity index is 486. The lowest BCUT2D eigenvalue weighted by Gasteiger charge is -2.20. The van der Waals surface area contributed by atoms with Crippen molar-refractivity contribution in [3.05, 3.63) is 35.4 Å². The molecule has 0 fully saturated rings. The van der Waals surface area contributed by atoms with Crippen LogP contribution in [0.5, 0.6) is 0 Å². The fourth-order valence-corrected chi connectivity index (χ4v) is 1.28. The molecule has 2 N–H and O–H groups in total. The normalized spacial score (nSPS) is 11.1. The first-order chi connectivity index (χ1) is 8.22. The second-order valence-corrected chi connectivity index (χ2v) is 4.40. The molecule has 1 amide bonds. The van der Waals surface area contributed by atoms with Crippen LogP contribution in [0.25, 0.3) is 0 Å². The van der Waals surface area contributed by atoms with Gasteiger partial charge in [-0.3, -0.25) is 4.79 Å². The summed E-state index contributed by atoms with van der Waals surface area (Å²) in [6.45, 7) is 2.66. The van der Waals surface area contributed by atoms with Crippen molar-refractivity contribution in [1.82, 2.24) is 5.32 Å². The number of carboxylic acids is 1. The lowest BCUT2D eigenvalue weighted by Crippen LogP contribution is -2.50. The highest BCUT2D eigenvalue weighted by Crippen LogP contribution is 2.10. The van der Waals surface area contributed by atoms with E-state index in [1.807, 2.05) is 0 Å². The third kappa shape index (κ3) is 3.51. The molecule has 0 spiro atoms. The third-order valence-corrected chi connectivity index (χ3v) is 2.34. The Morgan fingerprint density at radius 2 is 1.89 bits per heavy atom. The second kappa shape index (κ2) is 5.12. The zero-order valence-corrected chi connectivity index (χ0v) is 9.96. The summed E-state index contributed by atoms with van der Waals surface area (Å²) in [4.78, 5) is 22.3. The van der Waals surface area contributed by atoms with Crippen LogP contribution in [0.2, 0.25) is 0 Å². The number of hydrogen-bond acceptors (Lipinski definition) is 2. The summed E-state index contributed by atoms with van der Waals surface area (Å²) < 4.78 is 25.6. The van der Waals surface area contributed by atoms with Crippen molar-refractivity contribution in [2.45, 2.75) is 25.8 Å². The van der Waals surface area contributed by atoms with E-state index in [1.54, 1.807) is 0 Å². The lowest BCUT2D eigenvalue weighted by atomic mass is 10.0. The van der Waals surface area contributed by atoms with E-state index in [0.29, 0.717) is 0 Å². The largest absolute Gasteiger partial charge is 0.480 e. The van der Waals surface area contributed by atoms with Crippen molar-refractivity contribution in [2.75, 3.05) is 0 Å². The molecule has 0 aliphatic rings. The molecule has 0 bridgehead atoms. The molecule has 1 rings (SSSR count). The monoisotopic (exact) mass is 257 g/mol. The molecule has 0 heterocycles. The molecular formula is C12H13F2NO3. The highest BCUT2D eigenvalue weighted by atomic mass is 19.2. The molecule has 0 aromatic heterocycles. The first-order valence-corrected chi connectivity index (χ1v) is 5.20. The van der Waals surface area contributed by atoms with Gasteiger partial charge in [-0.25, -0.2) is 13.6 Å². The Labute approximate surface area is 103 Å². The Morgan fingerprint density at radius 1 is 1.28 bits per heavy atom. The van der Waals surface area contributed by atoms with Gasteiger partial charge in [0.1, 0.15) is 5.54 Å². The number of carbonyl (C=O) groups excluding carboxylic acids is 1. The van der Waals surface area contributed by atoms with E-state index < -0.39 is 29.0 Å². The Kier molecular flexibility index (Phi) is 4.00. The minimum Gasteiger partial charge on any atom is -0.480 e. The number of aliphatic carboxylic acids is 1. The van der Waals surface area contributed by atoms with Crippen LogP contribution in [0, 0.1) is 11.6 Å². The molecule has 4 nitrogen and oxygen atoms in total. The number of carbonyl (C=O) groups is 2. The average Bonchev–Trinajstić information content (AvgIpc) is 2.22. The van der Waals surface area contributed by atoms with Crippen LogP contribution in [0.4, 0.5) is 8.78 Å². The molecule has 18 heavy (non-hydrogen) atoms. The lowest BCUT2D eigenvalue weighted by molar-refractivity contribution is -0.145. The molecule has 0 aliphatic carbocycles. The van der Waals surface area contributed by atoms with Gasteiger partial charge in [0.05, 0.1) is 6.42 Å². The summed E-state index contributed by atoms with van der Waals surface area (Å²) >= 11 is 0. The summed E-state index contributed by atoms with van der Waals surface area (Å²) in [5, 5.41) is 11.1. The van der Waals surface area contributed by atoms with E-state index in [1.165, 1.54) is 19.9 Å². The van der Waals surface area contributed by atoms with Gasteiger partial charge in [-0.2, -0.15) is 0 Å². The van der Waals surface area contributed by atoms with Crippen LogP contribution in [-0.4, -0.2) is 22.5 Å². The van der Waals surface area contributed by atoms with Gasteiger partial charge in [-0.05, 0) is 31.5 Å². The Morgan fingerprint density at radius 3 is 2.39 bits per heavy atom. The van der Waals surface area contributed by atoms with Crippen molar-refractivity contribution < 1.29 is 23.5 Å². The van der Waals surface area contributed by atoms with E-state index in [-0.39, 0.29) is 12.0 Å². The van der Waals surface area contributed by atoms with Crippen molar-refractivity contribution in [3.8, 4) is 0 Å². The van der Waals surface area contributed by atoms with E-state index in [0.717, 1.165) is 12.1 Å². The van der Waals surface area contributed by atoms with Gasteiger partial charge < -0.3 is 10.4 Å². The molecular weight excluding hydrogens is 244 g/mol. The van der Waals surface area contributed by atoms with Crippen molar-refractivity contribution in [1.29, 1.82) is 0 Å².